The van der Waals surface area contributed by atoms with E-state index in [0.717, 1.165) is 11.1 Å². The molecule has 23 heavy (non-hydrogen) atoms. The summed E-state index contributed by atoms with van der Waals surface area (Å²) in [5.74, 6) is -1.17. The first-order valence-corrected chi connectivity index (χ1v) is 7.11. The van der Waals surface area contributed by atoms with Crippen LogP contribution < -0.4 is 5.32 Å². The maximum atomic E-state index is 12.2. The molecule has 0 saturated carbocycles. The zero-order chi connectivity index (χ0) is 17.0. The predicted molar refractivity (Wildman–Crippen MR) is 83.2 cm³/mol. The van der Waals surface area contributed by atoms with Gasteiger partial charge < -0.3 is 19.6 Å². The summed E-state index contributed by atoms with van der Waals surface area (Å²) in [5, 5.41) is 11.9. The third-order valence-corrected chi connectivity index (χ3v) is 3.56. The first-order valence-electron chi connectivity index (χ1n) is 7.11. The van der Waals surface area contributed by atoms with Crippen LogP contribution in [0.1, 0.15) is 39.0 Å². The van der Waals surface area contributed by atoms with E-state index in [1.54, 1.807) is 18.2 Å². The fourth-order valence-corrected chi connectivity index (χ4v) is 2.15. The van der Waals surface area contributed by atoms with Gasteiger partial charge in [-0.05, 0) is 42.7 Å². The Balaban J connectivity index is 2.19. The molecule has 6 nitrogen and oxygen atoms in total. The minimum atomic E-state index is -1.14. The van der Waals surface area contributed by atoms with Crippen molar-refractivity contribution in [1.82, 2.24) is 5.32 Å². The number of benzene rings is 1. The monoisotopic (exact) mass is 317 g/mol. The molecule has 0 spiro atoms. The van der Waals surface area contributed by atoms with Gasteiger partial charge in [-0.1, -0.05) is 18.2 Å². The molecule has 2 aromatic rings. The van der Waals surface area contributed by atoms with Crippen molar-refractivity contribution in [3.05, 3.63) is 58.5 Å². The molecule has 2 N–H and O–H groups in total. The third kappa shape index (κ3) is 3.98. The van der Waals surface area contributed by atoms with Gasteiger partial charge in [0.1, 0.15) is 12.4 Å². The lowest BCUT2D eigenvalue weighted by atomic mass is 10.0. The largest absolute Gasteiger partial charge is 0.479 e. The van der Waals surface area contributed by atoms with Crippen molar-refractivity contribution in [3.63, 3.8) is 0 Å². The molecule has 1 unspecified atom stereocenters. The zero-order valence-electron chi connectivity index (χ0n) is 13.3. The first kappa shape index (κ1) is 16.8. The Kier molecular flexibility index (Phi) is 5.18. The van der Waals surface area contributed by atoms with Crippen LogP contribution in [0.25, 0.3) is 0 Å². The van der Waals surface area contributed by atoms with Crippen molar-refractivity contribution >= 4 is 11.9 Å². The normalized spacial score (nSPS) is 12.0. The second kappa shape index (κ2) is 7.11. The minimum Gasteiger partial charge on any atom is -0.479 e. The summed E-state index contributed by atoms with van der Waals surface area (Å²) in [4.78, 5) is 23.7. The lowest BCUT2D eigenvalue weighted by Gasteiger charge is -2.15. The molecule has 1 amide bonds. The summed E-state index contributed by atoms with van der Waals surface area (Å²) in [7, 11) is 1.52. The summed E-state index contributed by atoms with van der Waals surface area (Å²) in [6, 6.07) is 7.24. The minimum absolute atomic E-state index is 0.0483. The molecular weight excluding hydrogens is 298 g/mol. The second-order valence-corrected chi connectivity index (χ2v) is 5.29. The molecule has 122 valence electrons. The van der Waals surface area contributed by atoms with Gasteiger partial charge in [0.05, 0.1) is 0 Å². The number of carboxylic acid groups (broad SMARTS) is 1. The number of amides is 1. The van der Waals surface area contributed by atoms with Crippen LogP contribution in [0.15, 0.2) is 34.7 Å². The lowest BCUT2D eigenvalue weighted by Crippen LogP contribution is -2.33. The molecule has 0 aliphatic rings. The predicted octanol–water partition coefficient (Wildman–Crippen LogP) is 2.60. The van der Waals surface area contributed by atoms with Gasteiger partial charge in [0.25, 0.3) is 5.91 Å². The first-order chi connectivity index (χ1) is 10.9. The van der Waals surface area contributed by atoms with Crippen LogP contribution >= 0.6 is 0 Å². The maximum absolute atomic E-state index is 12.2. The molecule has 1 aromatic heterocycles. The van der Waals surface area contributed by atoms with Crippen molar-refractivity contribution in [2.75, 3.05) is 7.11 Å². The van der Waals surface area contributed by atoms with E-state index in [0.29, 0.717) is 11.3 Å². The van der Waals surface area contributed by atoms with Crippen molar-refractivity contribution < 1.29 is 23.8 Å². The highest BCUT2D eigenvalue weighted by molar-refractivity contribution is 5.94. The van der Waals surface area contributed by atoms with E-state index in [4.69, 9.17) is 9.15 Å². The maximum Gasteiger partial charge on any atom is 0.330 e. The number of hydrogen-bond donors (Lipinski definition) is 2. The second-order valence-electron chi connectivity index (χ2n) is 5.29. The van der Waals surface area contributed by atoms with Gasteiger partial charge in [0.15, 0.2) is 11.8 Å². The van der Waals surface area contributed by atoms with Crippen LogP contribution in [-0.2, 0) is 16.1 Å². The topological polar surface area (TPSA) is 88.8 Å². The smallest absolute Gasteiger partial charge is 0.330 e. The number of nitrogens with one attached hydrogen (secondary N) is 1. The standard InChI is InChI=1S/C17H19NO5/c1-10-4-5-12(8-11(10)2)15(17(20)21)18-16(19)14-7-6-13(23-14)9-22-3/h4-8,15H,9H2,1-3H3,(H,18,19)(H,20,21). The molecule has 1 aromatic carbocycles. The summed E-state index contributed by atoms with van der Waals surface area (Å²) < 4.78 is 10.2. The number of rotatable bonds is 6. The quantitative estimate of drug-likeness (QED) is 0.855. The van der Waals surface area contributed by atoms with E-state index in [2.05, 4.69) is 5.32 Å². The zero-order valence-corrected chi connectivity index (χ0v) is 13.3. The van der Waals surface area contributed by atoms with Crippen molar-refractivity contribution in [2.45, 2.75) is 26.5 Å². The molecule has 1 atom stereocenters. The van der Waals surface area contributed by atoms with Gasteiger partial charge in [-0.2, -0.15) is 0 Å². The van der Waals surface area contributed by atoms with E-state index >= 15 is 0 Å². The van der Waals surface area contributed by atoms with Gasteiger partial charge in [-0.15, -0.1) is 0 Å². The molecule has 0 fully saturated rings. The highest BCUT2D eigenvalue weighted by Crippen LogP contribution is 2.19. The van der Waals surface area contributed by atoms with E-state index in [9.17, 15) is 14.7 Å². The Morgan fingerprint density at radius 2 is 1.96 bits per heavy atom. The Hall–Kier alpha value is -2.60. The Bertz CT molecular complexity index is 720. The summed E-state index contributed by atoms with van der Waals surface area (Å²) in [6.07, 6.45) is 0. The number of furan rings is 1. The van der Waals surface area contributed by atoms with Gasteiger partial charge in [-0.25, -0.2) is 4.79 Å². The number of aliphatic carboxylic acids is 1. The highest BCUT2D eigenvalue weighted by Gasteiger charge is 2.24. The van der Waals surface area contributed by atoms with Gasteiger partial charge in [0.2, 0.25) is 0 Å². The highest BCUT2D eigenvalue weighted by atomic mass is 16.5. The molecule has 1 heterocycles. The SMILES string of the molecule is COCc1ccc(C(=O)NC(C(=O)O)c2ccc(C)c(C)c2)o1. The summed E-state index contributed by atoms with van der Waals surface area (Å²) in [6.45, 7) is 4.07. The molecule has 0 radical (unpaired) electrons. The Morgan fingerprint density at radius 1 is 1.22 bits per heavy atom. The number of methoxy groups -OCH3 is 1. The van der Waals surface area contributed by atoms with Crippen LogP contribution in [0.3, 0.4) is 0 Å². The van der Waals surface area contributed by atoms with E-state index in [-0.39, 0.29) is 12.4 Å². The van der Waals surface area contributed by atoms with E-state index in [1.807, 2.05) is 19.9 Å². The van der Waals surface area contributed by atoms with E-state index in [1.165, 1.54) is 13.2 Å². The molecule has 0 aliphatic heterocycles. The molecule has 2 rings (SSSR count). The van der Waals surface area contributed by atoms with Crippen molar-refractivity contribution in [2.24, 2.45) is 0 Å². The molecular formula is C17H19NO5. The number of hydrogen-bond acceptors (Lipinski definition) is 4. The van der Waals surface area contributed by atoms with Gasteiger partial charge in [0, 0.05) is 7.11 Å². The number of carboxylic acids is 1. The number of carbonyl (C=O) groups excluding carboxylic acids is 1. The third-order valence-electron chi connectivity index (χ3n) is 3.56. The number of ether oxygens (including phenoxy) is 1. The number of aryl methyl sites for hydroxylation is 2. The van der Waals surface area contributed by atoms with Crippen LogP contribution in [0.2, 0.25) is 0 Å². The fourth-order valence-electron chi connectivity index (χ4n) is 2.15. The number of carbonyl (C=O) groups is 2. The van der Waals surface area contributed by atoms with E-state index < -0.39 is 17.9 Å². The van der Waals surface area contributed by atoms with Crippen LogP contribution in [-0.4, -0.2) is 24.1 Å². The Labute approximate surface area is 134 Å². The fraction of sp³-hybridized carbons (Fsp3) is 0.294. The van der Waals surface area contributed by atoms with Gasteiger partial charge in [-0.3, -0.25) is 4.79 Å². The van der Waals surface area contributed by atoms with Crippen molar-refractivity contribution in [1.29, 1.82) is 0 Å². The summed E-state index contributed by atoms with van der Waals surface area (Å²) >= 11 is 0. The van der Waals surface area contributed by atoms with Crippen LogP contribution in [0, 0.1) is 13.8 Å². The average Bonchev–Trinajstić information content (AvgIpc) is 2.96. The van der Waals surface area contributed by atoms with Crippen LogP contribution in [0.4, 0.5) is 0 Å². The van der Waals surface area contributed by atoms with Crippen LogP contribution in [0.5, 0.6) is 0 Å². The molecule has 6 heteroatoms. The Morgan fingerprint density at radius 3 is 2.57 bits per heavy atom. The van der Waals surface area contributed by atoms with Gasteiger partial charge >= 0.3 is 5.97 Å². The molecule has 0 saturated heterocycles. The van der Waals surface area contributed by atoms with Crippen molar-refractivity contribution in [3.8, 4) is 0 Å². The summed E-state index contributed by atoms with van der Waals surface area (Å²) in [5.41, 5.74) is 2.53. The lowest BCUT2D eigenvalue weighted by molar-refractivity contribution is -0.139. The average molecular weight is 317 g/mol. The molecule has 0 aliphatic carbocycles. The molecule has 0 bridgehead atoms.